The minimum Gasteiger partial charge on any atom is -0.370 e. The number of likely N-dealkylation sites (tertiary alicyclic amines) is 1. The van der Waals surface area contributed by atoms with E-state index >= 15 is 0 Å². The van der Waals surface area contributed by atoms with Crippen LogP contribution in [-0.4, -0.2) is 42.2 Å². The van der Waals surface area contributed by atoms with Gasteiger partial charge in [0.25, 0.3) is 0 Å². The Hall–Kier alpha value is -1.20. The van der Waals surface area contributed by atoms with Gasteiger partial charge in [0, 0.05) is 18.8 Å². The summed E-state index contributed by atoms with van der Waals surface area (Å²) in [4.78, 5) is 11.0. The summed E-state index contributed by atoms with van der Waals surface area (Å²) >= 11 is 0. The smallest absolute Gasteiger partial charge is 0.129 e. The van der Waals surface area contributed by atoms with Crippen LogP contribution >= 0.6 is 0 Å². The molecule has 1 aromatic heterocycles. The molecule has 0 aliphatic carbocycles. The first-order chi connectivity index (χ1) is 10.3. The molecule has 2 aliphatic heterocycles. The topological polar surface area (TPSA) is 37.4 Å². The number of piperidine rings is 1. The Morgan fingerprint density at radius 2 is 2.33 bits per heavy atom. The number of fused-ring (bicyclic) bond motifs is 1. The van der Waals surface area contributed by atoms with Crippen LogP contribution in [0.25, 0.3) is 0 Å². The Morgan fingerprint density at radius 3 is 3.24 bits per heavy atom. The van der Waals surface area contributed by atoms with Crippen molar-refractivity contribution in [3.05, 3.63) is 23.4 Å². The highest BCUT2D eigenvalue weighted by atomic mass is 19.3. The predicted octanol–water partition coefficient (Wildman–Crippen LogP) is 2.74. The molecule has 0 aromatic carbocycles. The average Bonchev–Trinajstić information content (AvgIpc) is 2.55. The van der Waals surface area contributed by atoms with Crippen molar-refractivity contribution in [3.8, 4) is 0 Å². The first-order valence-corrected chi connectivity index (χ1v) is 8.07. The normalized spacial score (nSPS) is 22.6. The molecule has 1 saturated heterocycles. The number of anilines is 1. The molecule has 0 spiro atoms. The Morgan fingerprint density at radius 1 is 1.38 bits per heavy atom. The molecule has 0 bridgehead atoms. The number of rotatable bonds is 5. The van der Waals surface area contributed by atoms with E-state index < -0.39 is 0 Å². The van der Waals surface area contributed by atoms with Gasteiger partial charge in [0.1, 0.15) is 11.9 Å². The highest BCUT2D eigenvalue weighted by Gasteiger charge is 2.20. The van der Waals surface area contributed by atoms with Gasteiger partial charge in [0.15, 0.2) is 0 Å². The quantitative estimate of drug-likeness (QED) is 0.906. The van der Waals surface area contributed by atoms with Crippen LogP contribution in [0, 0.1) is 0 Å². The van der Waals surface area contributed by atoms with Gasteiger partial charge in [0.05, 0.1) is 0 Å². The molecule has 5 heteroatoms. The first kappa shape index (κ1) is 14.7. The maximum Gasteiger partial charge on any atom is 0.129 e. The van der Waals surface area contributed by atoms with Crippen LogP contribution in [0.15, 0.2) is 12.1 Å². The van der Waals surface area contributed by atoms with Gasteiger partial charge < -0.3 is 10.2 Å². The Bertz CT molecular complexity index is 469. The molecule has 3 heterocycles. The zero-order valence-corrected chi connectivity index (χ0v) is 12.5. The Balaban J connectivity index is 1.47. The summed E-state index contributed by atoms with van der Waals surface area (Å²) in [6.45, 7) is 3.79. The van der Waals surface area contributed by atoms with E-state index in [4.69, 9.17) is 4.98 Å². The standard InChI is InChI=1S/C16H24FN3O/c17-21-15-6-3-11-20(12-15)10-2-5-14-8-7-13-4-1-9-18-16(13)19-14/h7-8,15H,1-6,9-12H2,(H,18,19). The highest BCUT2D eigenvalue weighted by Crippen LogP contribution is 2.20. The van der Waals surface area contributed by atoms with Gasteiger partial charge in [-0.1, -0.05) is 6.07 Å². The Labute approximate surface area is 125 Å². The van der Waals surface area contributed by atoms with Crippen LogP contribution < -0.4 is 5.32 Å². The van der Waals surface area contributed by atoms with Gasteiger partial charge in [-0.05, 0) is 67.8 Å². The van der Waals surface area contributed by atoms with Crippen LogP contribution in [-0.2, 0) is 17.8 Å². The molecule has 0 radical (unpaired) electrons. The van der Waals surface area contributed by atoms with Crippen molar-refractivity contribution in [1.82, 2.24) is 9.88 Å². The molecule has 0 saturated carbocycles. The average molecular weight is 293 g/mol. The van der Waals surface area contributed by atoms with Gasteiger partial charge in [-0.2, -0.15) is 4.94 Å². The van der Waals surface area contributed by atoms with Crippen molar-refractivity contribution in [2.24, 2.45) is 0 Å². The van der Waals surface area contributed by atoms with Gasteiger partial charge >= 0.3 is 0 Å². The summed E-state index contributed by atoms with van der Waals surface area (Å²) in [5.41, 5.74) is 2.49. The fourth-order valence-corrected chi connectivity index (χ4v) is 3.28. The summed E-state index contributed by atoms with van der Waals surface area (Å²) in [7, 11) is 0. The van der Waals surface area contributed by atoms with E-state index in [-0.39, 0.29) is 6.10 Å². The highest BCUT2D eigenvalue weighted by molar-refractivity contribution is 5.46. The van der Waals surface area contributed by atoms with Crippen molar-refractivity contribution < 1.29 is 9.47 Å². The van der Waals surface area contributed by atoms with Gasteiger partial charge in [-0.3, -0.25) is 0 Å². The molecule has 2 aliphatic rings. The third-order valence-corrected chi connectivity index (χ3v) is 4.45. The molecule has 1 atom stereocenters. The number of nitrogens with one attached hydrogen (secondary N) is 1. The zero-order valence-electron chi connectivity index (χ0n) is 12.5. The number of hydrogen-bond acceptors (Lipinski definition) is 4. The third kappa shape index (κ3) is 3.92. The lowest BCUT2D eigenvalue weighted by molar-refractivity contribution is -0.192. The molecular formula is C16H24FN3O. The maximum absolute atomic E-state index is 12.3. The first-order valence-electron chi connectivity index (χ1n) is 8.07. The number of pyridine rings is 1. The van der Waals surface area contributed by atoms with Crippen LogP contribution in [0.2, 0.25) is 0 Å². The van der Waals surface area contributed by atoms with Gasteiger partial charge in [0.2, 0.25) is 0 Å². The molecule has 1 fully saturated rings. The second-order valence-electron chi connectivity index (χ2n) is 6.10. The minimum atomic E-state index is -0.232. The predicted molar refractivity (Wildman–Crippen MR) is 81.0 cm³/mol. The molecule has 1 N–H and O–H groups in total. The van der Waals surface area contributed by atoms with E-state index in [1.165, 1.54) is 12.0 Å². The molecule has 116 valence electrons. The van der Waals surface area contributed by atoms with Crippen LogP contribution in [0.1, 0.15) is 36.9 Å². The second kappa shape index (κ2) is 7.18. The summed E-state index contributed by atoms with van der Waals surface area (Å²) in [5, 5.41) is 3.38. The minimum absolute atomic E-state index is 0.232. The number of hydrogen-bond donors (Lipinski definition) is 1. The molecule has 4 nitrogen and oxygen atoms in total. The second-order valence-corrected chi connectivity index (χ2v) is 6.10. The van der Waals surface area contributed by atoms with E-state index in [2.05, 4.69) is 27.3 Å². The molecule has 1 unspecified atom stereocenters. The zero-order chi connectivity index (χ0) is 14.5. The summed E-state index contributed by atoms with van der Waals surface area (Å²) in [5.74, 6) is 1.07. The number of halogens is 1. The maximum atomic E-state index is 12.3. The largest absolute Gasteiger partial charge is 0.370 e. The van der Waals surface area contributed by atoms with Crippen molar-refractivity contribution in [2.75, 3.05) is 31.5 Å². The fourth-order valence-electron chi connectivity index (χ4n) is 3.28. The lowest BCUT2D eigenvalue weighted by Gasteiger charge is -2.30. The SMILES string of the molecule is FOC1CCCN(CCCc2ccc3c(n2)NCCC3)C1. The van der Waals surface area contributed by atoms with Crippen molar-refractivity contribution in [1.29, 1.82) is 0 Å². The van der Waals surface area contributed by atoms with E-state index in [1.807, 2.05) is 0 Å². The number of aryl methyl sites for hydroxylation is 2. The van der Waals surface area contributed by atoms with Gasteiger partial charge in [-0.15, -0.1) is 0 Å². The molecule has 0 amide bonds. The van der Waals surface area contributed by atoms with E-state index in [0.29, 0.717) is 0 Å². The van der Waals surface area contributed by atoms with E-state index in [0.717, 1.165) is 69.8 Å². The Kier molecular flexibility index (Phi) is 5.04. The monoisotopic (exact) mass is 293 g/mol. The van der Waals surface area contributed by atoms with Crippen molar-refractivity contribution in [3.63, 3.8) is 0 Å². The van der Waals surface area contributed by atoms with Crippen molar-refractivity contribution in [2.45, 2.75) is 44.6 Å². The van der Waals surface area contributed by atoms with E-state index in [1.54, 1.807) is 0 Å². The molecule has 3 rings (SSSR count). The number of nitrogens with zero attached hydrogens (tertiary/aromatic N) is 2. The molecule has 21 heavy (non-hydrogen) atoms. The fraction of sp³-hybridized carbons (Fsp3) is 0.688. The molecular weight excluding hydrogens is 269 g/mol. The molecule has 1 aromatic rings. The van der Waals surface area contributed by atoms with Crippen LogP contribution in [0.4, 0.5) is 10.3 Å². The van der Waals surface area contributed by atoms with Gasteiger partial charge in [-0.25, -0.2) is 4.98 Å². The van der Waals surface area contributed by atoms with Crippen molar-refractivity contribution >= 4 is 5.82 Å². The lowest BCUT2D eigenvalue weighted by atomic mass is 10.1. The lowest BCUT2D eigenvalue weighted by Crippen LogP contribution is -2.39. The summed E-state index contributed by atoms with van der Waals surface area (Å²) < 4.78 is 12.3. The summed E-state index contributed by atoms with van der Waals surface area (Å²) in [6.07, 6.45) is 6.00. The third-order valence-electron chi connectivity index (χ3n) is 4.45. The van der Waals surface area contributed by atoms with Crippen LogP contribution in [0.5, 0.6) is 0 Å². The summed E-state index contributed by atoms with van der Waals surface area (Å²) in [6, 6.07) is 4.35. The number of aromatic nitrogens is 1. The van der Waals surface area contributed by atoms with Crippen LogP contribution in [0.3, 0.4) is 0 Å². The van der Waals surface area contributed by atoms with E-state index in [9.17, 15) is 4.53 Å².